The molecule has 1 aromatic heterocycles. The second kappa shape index (κ2) is 2.60. The molecule has 0 saturated carbocycles. The van der Waals surface area contributed by atoms with Crippen molar-refractivity contribution in [3.63, 3.8) is 0 Å². The van der Waals surface area contributed by atoms with Crippen molar-refractivity contribution in [1.82, 2.24) is 4.98 Å². The highest BCUT2D eigenvalue weighted by molar-refractivity contribution is 5.42. The highest BCUT2D eigenvalue weighted by atomic mass is 19.1. The molecule has 1 heterocycles. The fourth-order valence-electron chi connectivity index (χ4n) is 0.703. The van der Waals surface area contributed by atoms with Crippen LogP contribution in [-0.4, -0.2) is 4.98 Å². The molecule has 52 valence electrons. The Bertz CT molecular complexity index is 255. The predicted molar refractivity (Wildman–Crippen MR) is 39.0 cm³/mol. The van der Waals surface area contributed by atoms with Crippen LogP contribution < -0.4 is 0 Å². The van der Waals surface area contributed by atoms with E-state index in [2.05, 4.69) is 11.6 Å². The summed E-state index contributed by atoms with van der Waals surface area (Å²) < 4.78 is 12.6. The summed E-state index contributed by atoms with van der Waals surface area (Å²) in [6.07, 6.45) is 1.41. The Morgan fingerprint density at radius 3 is 2.80 bits per heavy atom. The molecule has 0 spiro atoms. The summed E-state index contributed by atoms with van der Waals surface area (Å²) in [4.78, 5) is 3.90. The van der Waals surface area contributed by atoms with Crippen molar-refractivity contribution >= 4 is 6.08 Å². The molecule has 1 nitrogen and oxygen atoms in total. The van der Waals surface area contributed by atoms with Gasteiger partial charge in [0.2, 0.25) is 0 Å². The number of halogens is 1. The van der Waals surface area contributed by atoms with Crippen LogP contribution in [0.15, 0.2) is 18.7 Å². The van der Waals surface area contributed by atoms with Crippen LogP contribution in [0, 0.1) is 12.7 Å². The lowest BCUT2D eigenvalue weighted by atomic mass is 10.3. The Morgan fingerprint density at radius 1 is 1.60 bits per heavy atom. The van der Waals surface area contributed by atoms with Gasteiger partial charge in [-0.15, -0.1) is 0 Å². The standard InChI is InChI=1S/C8H8FN/c1-3-8-7(9)5-4-6(2)10-8/h3-5H,1H2,2H3. The minimum Gasteiger partial charge on any atom is -0.251 e. The number of nitrogens with zero attached hydrogens (tertiary/aromatic N) is 1. The summed E-state index contributed by atoms with van der Waals surface area (Å²) in [7, 11) is 0. The zero-order valence-electron chi connectivity index (χ0n) is 5.76. The molecule has 0 radical (unpaired) electrons. The Kier molecular flexibility index (Phi) is 1.81. The molecule has 0 N–H and O–H groups in total. The summed E-state index contributed by atoms with van der Waals surface area (Å²) in [5.74, 6) is -0.319. The van der Waals surface area contributed by atoms with Crippen LogP contribution in [-0.2, 0) is 0 Å². The lowest BCUT2D eigenvalue weighted by molar-refractivity contribution is 0.617. The zero-order valence-corrected chi connectivity index (χ0v) is 5.76. The monoisotopic (exact) mass is 137 g/mol. The van der Waals surface area contributed by atoms with Crippen molar-refractivity contribution in [3.8, 4) is 0 Å². The third-order valence-electron chi connectivity index (χ3n) is 1.21. The van der Waals surface area contributed by atoms with E-state index in [4.69, 9.17) is 0 Å². The normalized spacial score (nSPS) is 9.40. The molecule has 0 unspecified atom stereocenters. The summed E-state index contributed by atoms with van der Waals surface area (Å²) in [6, 6.07) is 3.02. The number of hydrogen-bond donors (Lipinski definition) is 0. The number of aromatic nitrogens is 1. The largest absolute Gasteiger partial charge is 0.251 e. The van der Waals surface area contributed by atoms with Gasteiger partial charge in [0, 0.05) is 5.69 Å². The van der Waals surface area contributed by atoms with Crippen LogP contribution >= 0.6 is 0 Å². The highest BCUT2D eigenvalue weighted by Gasteiger charge is 1.97. The maximum Gasteiger partial charge on any atom is 0.148 e. The molecule has 1 aromatic rings. The predicted octanol–water partition coefficient (Wildman–Crippen LogP) is 2.17. The molecule has 0 aliphatic heterocycles. The van der Waals surface area contributed by atoms with Gasteiger partial charge in [0.1, 0.15) is 5.82 Å². The molecule has 2 heteroatoms. The molecule has 0 fully saturated rings. The molecule has 10 heavy (non-hydrogen) atoms. The van der Waals surface area contributed by atoms with Gasteiger partial charge in [0.15, 0.2) is 0 Å². The SMILES string of the molecule is C=Cc1nc(C)ccc1F. The number of rotatable bonds is 1. The Labute approximate surface area is 59.2 Å². The summed E-state index contributed by atoms with van der Waals surface area (Å²) in [5, 5.41) is 0. The number of pyridine rings is 1. The van der Waals surface area contributed by atoms with E-state index in [9.17, 15) is 4.39 Å². The lowest BCUT2D eigenvalue weighted by Gasteiger charge is -1.95. The summed E-state index contributed by atoms with van der Waals surface area (Å²) in [5.41, 5.74) is 1.12. The van der Waals surface area contributed by atoms with Crippen LogP contribution in [0.5, 0.6) is 0 Å². The van der Waals surface area contributed by atoms with Crippen LogP contribution in [0.4, 0.5) is 4.39 Å². The van der Waals surface area contributed by atoms with E-state index in [1.54, 1.807) is 6.07 Å². The summed E-state index contributed by atoms with van der Waals surface area (Å²) in [6.45, 7) is 5.24. The van der Waals surface area contributed by atoms with Gasteiger partial charge in [-0.05, 0) is 25.1 Å². The van der Waals surface area contributed by atoms with E-state index in [1.165, 1.54) is 12.1 Å². The third kappa shape index (κ3) is 1.21. The molecule has 0 aliphatic carbocycles. The quantitative estimate of drug-likeness (QED) is 0.578. The number of aryl methyl sites for hydroxylation is 1. The van der Waals surface area contributed by atoms with Crippen molar-refractivity contribution in [2.24, 2.45) is 0 Å². The summed E-state index contributed by atoms with van der Waals surface area (Å²) >= 11 is 0. The van der Waals surface area contributed by atoms with Gasteiger partial charge in [-0.25, -0.2) is 4.39 Å². The van der Waals surface area contributed by atoms with Crippen LogP contribution in [0.2, 0.25) is 0 Å². The van der Waals surface area contributed by atoms with Gasteiger partial charge < -0.3 is 0 Å². The first-order chi connectivity index (χ1) is 4.74. The Hall–Kier alpha value is -1.18. The molecule has 0 amide bonds. The molecule has 1 rings (SSSR count). The highest BCUT2D eigenvalue weighted by Crippen LogP contribution is 2.05. The van der Waals surface area contributed by atoms with Crippen molar-refractivity contribution < 1.29 is 4.39 Å². The van der Waals surface area contributed by atoms with Gasteiger partial charge >= 0.3 is 0 Å². The molecule has 0 aliphatic rings. The van der Waals surface area contributed by atoms with E-state index < -0.39 is 0 Å². The second-order valence-corrected chi connectivity index (χ2v) is 2.02. The second-order valence-electron chi connectivity index (χ2n) is 2.02. The maximum absolute atomic E-state index is 12.6. The van der Waals surface area contributed by atoms with Crippen LogP contribution in [0.1, 0.15) is 11.4 Å². The zero-order chi connectivity index (χ0) is 7.56. The van der Waals surface area contributed by atoms with Gasteiger partial charge in [-0.3, -0.25) is 4.98 Å². The first-order valence-corrected chi connectivity index (χ1v) is 2.99. The van der Waals surface area contributed by atoms with E-state index in [-0.39, 0.29) is 5.82 Å². The van der Waals surface area contributed by atoms with Gasteiger partial charge in [-0.2, -0.15) is 0 Å². The first kappa shape index (κ1) is 6.93. The molecular weight excluding hydrogens is 129 g/mol. The van der Waals surface area contributed by atoms with E-state index in [0.29, 0.717) is 5.69 Å². The smallest absolute Gasteiger partial charge is 0.148 e. The minimum absolute atomic E-state index is 0.319. The first-order valence-electron chi connectivity index (χ1n) is 2.99. The topological polar surface area (TPSA) is 12.9 Å². The van der Waals surface area contributed by atoms with Gasteiger partial charge in [-0.1, -0.05) is 6.58 Å². The average molecular weight is 137 g/mol. The van der Waals surface area contributed by atoms with Gasteiger partial charge in [0.05, 0.1) is 5.69 Å². The fraction of sp³-hybridized carbons (Fsp3) is 0.125. The average Bonchev–Trinajstić information content (AvgIpc) is 1.94. The fourth-order valence-corrected chi connectivity index (χ4v) is 0.703. The van der Waals surface area contributed by atoms with E-state index in [1.807, 2.05) is 6.92 Å². The Morgan fingerprint density at radius 2 is 2.30 bits per heavy atom. The molecular formula is C8H8FN. The molecule has 0 bridgehead atoms. The van der Waals surface area contributed by atoms with Crippen LogP contribution in [0.3, 0.4) is 0 Å². The van der Waals surface area contributed by atoms with E-state index >= 15 is 0 Å². The van der Waals surface area contributed by atoms with Crippen molar-refractivity contribution in [2.45, 2.75) is 6.92 Å². The third-order valence-corrected chi connectivity index (χ3v) is 1.21. The molecule has 0 saturated heterocycles. The lowest BCUT2D eigenvalue weighted by Crippen LogP contribution is -1.88. The van der Waals surface area contributed by atoms with E-state index in [0.717, 1.165) is 5.69 Å². The molecule has 0 atom stereocenters. The minimum atomic E-state index is -0.319. The molecule has 0 aromatic carbocycles. The van der Waals surface area contributed by atoms with Crippen molar-refractivity contribution in [3.05, 3.63) is 35.9 Å². The van der Waals surface area contributed by atoms with Crippen molar-refractivity contribution in [1.29, 1.82) is 0 Å². The Balaban J connectivity index is 3.21. The number of hydrogen-bond acceptors (Lipinski definition) is 1. The van der Waals surface area contributed by atoms with Crippen LogP contribution in [0.25, 0.3) is 6.08 Å². The van der Waals surface area contributed by atoms with Gasteiger partial charge in [0.25, 0.3) is 0 Å². The van der Waals surface area contributed by atoms with Crippen molar-refractivity contribution in [2.75, 3.05) is 0 Å². The maximum atomic E-state index is 12.6.